The fourth-order valence-electron chi connectivity index (χ4n) is 3.65. The van der Waals surface area contributed by atoms with E-state index >= 15 is 0 Å². The number of carbonyl (C=O) groups excluding carboxylic acids is 1. The molecule has 1 aromatic heterocycles. The van der Waals surface area contributed by atoms with Crippen LogP contribution in [0.5, 0.6) is 5.88 Å². The molecule has 1 atom stereocenters. The van der Waals surface area contributed by atoms with Crippen LogP contribution < -0.4 is 9.64 Å². The van der Waals surface area contributed by atoms with Crippen molar-refractivity contribution in [2.75, 3.05) is 10.7 Å². The van der Waals surface area contributed by atoms with Crippen molar-refractivity contribution in [2.45, 2.75) is 51.9 Å². The van der Waals surface area contributed by atoms with E-state index in [1.807, 2.05) is 43.3 Å². The molecule has 4 rings (SSSR count). The quantitative estimate of drug-likeness (QED) is 0.382. The van der Waals surface area contributed by atoms with E-state index in [0.29, 0.717) is 34.1 Å². The minimum Gasteiger partial charge on any atom is -0.447 e. The molecule has 1 aliphatic rings. The van der Waals surface area contributed by atoms with E-state index < -0.39 is 6.23 Å². The van der Waals surface area contributed by atoms with Crippen LogP contribution >= 0.6 is 23.4 Å². The summed E-state index contributed by atoms with van der Waals surface area (Å²) in [6, 6.07) is 13.4. The van der Waals surface area contributed by atoms with E-state index in [1.54, 1.807) is 22.7 Å². The Hall–Kier alpha value is -2.64. The van der Waals surface area contributed by atoms with Gasteiger partial charge in [0.15, 0.2) is 5.69 Å². The first-order valence-corrected chi connectivity index (χ1v) is 12.5. The first-order valence-electron chi connectivity index (χ1n) is 11.2. The second kappa shape index (κ2) is 10.1. The van der Waals surface area contributed by atoms with Gasteiger partial charge in [0.1, 0.15) is 0 Å². The van der Waals surface area contributed by atoms with Gasteiger partial charge in [0.25, 0.3) is 0 Å². The maximum atomic E-state index is 13.3. The number of anilines is 1. The molecule has 0 aliphatic carbocycles. The number of rotatable bonds is 6. The highest BCUT2D eigenvalue weighted by Gasteiger charge is 2.35. The maximum absolute atomic E-state index is 13.3. The fourth-order valence-corrected chi connectivity index (χ4v) is 4.58. The normalized spacial score (nSPS) is 15.0. The van der Waals surface area contributed by atoms with Crippen molar-refractivity contribution in [3.8, 4) is 17.1 Å². The molecule has 0 fully saturated rings. The predicted molar refractivity (Wildman–Crippen MR) is 133 cm³/mol. The van der Waals surface area contributed by atoms with Crippen LogP contribution in [0.25, 0.3) is 11.3 Å². The van der Waals surface area contributed by atoms with E-state index in [-0.39, 0.29) is 5.91 Å². The van der Waals surface area contributed by atoms with Crippen LogP contribution in [0.3, 0.4) is 0 Å². The van der Waals surface area contributed by atoms with Gasteiger partial charge < -0.3 is 4.74 Å². The Balaban J connectivity index is 1.93. The minimum absolute atomic E-state index is 0.0688. The number of fused-ring (bicyclic) bond motifs is 3. The fraction of sp³-hybridized carbons (Fsp3) is 0.360. The molecule has 33 heavy (non-hydrogen) atoms. The van der Waals surface area contributed by atoms with Crippen LogP contribution in [0.4, 0.5) is 5.69 Å². The average molecular weight is 483 g/mol. The van der Waals surface area contributed by atoms with E-state index in [2.05, 4.69) is 31.0 Å². The Morgan fingerprint density at radius 2 is 2.00 bits per heavy atom. The number of carbonyl (C=O) groups is 1. The molecule has 0 N–H and O–H groups in total. The Bertz CT molecular complexity index is 1170. The van der Waals surface area contributed by atoms with Gasteiger partial charge in [0, 0.05) is 28.3 Å². The van der Waals surface area contributed by atoms with Crippen LogP contribution in [0.2, 0.25) is 5.02 Å². The van der Waals surface area contributed by atoms with E-state index in [1.165, 1.54) is 0 Å². The summed E-state index contributed by atoms with van der Waals surface area (Å²) in [6.07, 6.45) is 0.440. The van der Waals surface area contributed by atoms with Crippen LogP contribution in [0, 0.1) is 5.92 Å². The zero-order chi connectivity index (χ0) is 23.5. The first-order chi connectivity index (χ1) is 15.9. The summed E-state index contributed by atoms with van der Waals surface area (Å²) in [5, 5.41) is 10.00. The van der Waals surface area contributed by atoms with E-state index in [4.69, 9.17) is 21.3 Å². The molecule has 3 aromatic rings. The average Bonchev–Trinajstić information content (AvgIpc) is 2.96. The van der Waals surface area contributed by atoms with Gasteiger partial charge in [-0.3, -0.25) is 9.69 Å². The molecule has 0 radical (unpaired) electrons. The molecule has 0 bridgehead atoms. The highest BCUT2D eigenvalue weighted by Crippen LogP contribution is 2.44. The number of aryl methyl sites for hydroxylation is 1. The molecule has 6 nitrogen and oxygen atoms in total. The molecule has 1 aliphatic heterocycles. The third-order valence-electron chi connectivity index (χ3n) is 5.33. The van der Waals surface area contributed by atoms with Crippen molar-refractivity contribution in [2.24, 2.45) is 5.92 Å². The van der Waals surface area contributed by atoms with E-state index in [9.17, 15) is 4.79 Å². The molecule has 0 unspecified atom stereocenters. The van der Waals surface area contributed by atoms with Gasteiger partial charge in [0.05, 0.1) is 5.69 Å². The molecule has 8 heteroatoms. The maximum Gasteiger partial charge on any atom is 0.247 e. The zero-order valence-corrected chi connectivity index (χ0v) is 20.8. The summed E-state index contributed by atoms with van der Waals surface area (Å²) in [5.74, 6) is 1.65. The van der Waals surface area contributed by atoms with Crippen molar-refractivity contribution in [1.82, 2.24) is 15.2 Å². The Morgan fingerprint density at radius 3 is 2.70 bits per heavy atom. The third-order valence-corrected chi connectivity index (χ3v) is 6.83. The lowest BCUT2D eigenvalue weighted by atomic mass is 10.0. The van der Waals surface area contributed by atoms with Gasteiger partial charge >= 0.3 is 0 Å². The number of hydrogen-bond acceptors (Lipinski definition) is 6. The molecular weight excluding hydrogens is 456 g/mol. The summed E-state index contributed by atoms with van der Waals surface area (Å²) >= 11 is 7.84. The summed E-state index contributed by atoms with van der Waals surface area (Å²) in [7, 11) is 0. The smallest absolute Gasteiger partial charge is 0.247 e. The molecule has 0 saturated carbocycles. The lowest BCUT2D eigenvalue weighted by Gasteiger charge is -2.30. The SMILES string of the molecule is CCC(=O)N1c2ccc(CC)cc2-c2nnc(SCC(C)C)nc2O[C@H]1c1cccc(Cl)c1. The van der Waals surface area contributed by atoms with Gasteiger partial charge in [-0.05, 0) is 42.2 Å². The zero-order valence-electron chi connectivity index (χ0n) is 19.2. The lowest BCUT2D eigenvalue weighted by molar-refractivity contribution is -0.120. The Morgan fingerprint density at radius 1 is 1.18 bits per heavy atom. The lowest BCUT2D eigenvalue weighted by Crippen LogP contribution is -2.37. The first kappa shape index (κ1) is 23.5. The number of aromatic nitrogens is 3. The molecular formula is C25H27ClN4O2S. The van der Waals surface area contributed by atoms with Crippen molar-refractivity contribution >= 4 is 35.0 Å². The molecule has 0 saturated heterocycles. The summed E-state index contributed by atoms with van der Waals surface area (Å²) in [5.41, 5.74) is 3.94. The minimum atomic E-state index is -0.733. The third kappa shape index (κ3) is 4.99. The number of ether oxygens (including phenoxy) is 1. The molecule has 2 heterocycles. The number of halogens is 1. The second-order valence-corrected chi connectivity index (χ2v) is 9.72. The standard InChI is InChI=1S/C25H27ClN4O2S/c1-5-16-10-11-20-19(12-16)22-23(27-25(29-28-22)33-14-15(3)4)32-24(30(20)21(31)6-2)17-8-7-9-18(26)13-17/h7-13,15,24H,5-6,14H2,1-4H3/t24-/m0/s1. The molecule has 1 amide bonds. The number of amides is 1. The largest absolute Gasteiger partial charge is 0.447 e. The monoisotopic (exact) mass is 482 g/mol. The van der Waals surface area contributed by atoms with Gasteiger partial charge in [-0.1, -0.05) is 69.3 Å². The van der Waals surface area contributed by atoms with Crippen molar-refractivity contribution < 1.29 is 9.53 Å². The predicted octanol–water partition coefficient (Wildman–Crippen LogP) is 6.34. The highest BCUT2D eigenvalue weighted by atomic mass is 35.5. The summed E-state index contributed by atoms with van der Waals surface area (Å²) in [6.45, 7) is 8.22. The van der Waals surface area contributed by atoms with Crippen molar-refractivity contribution in [1.29, 1.82) is 0 Å². The number of hydrogen-bond donors (Lipinski definition) is 0. The van der Waals surface area contributed by atoms with E-state index in [0.717, 1.165) is 34.6 Å². The van der Waals surface area contributed by atoms with Crippen molar-refractivity contribution in [3.05, 3.63) is 58.6 Å². The summed E-state index contributed by atoms with van der Waals surface area (Å²) in [4.78, 5) is 19.7. The highest BCUT2D eigenvalue weighted by molar-refractivity contribution is 7.99. The number of thioether (sulfide) groups is 1. The number of nitrogens with zero attached hydrogens (tertiary/aromatic N) is 4. The molecule has 2 aromatic carbocycles. The Kier molecular flexibility index (Phi) is 7.20. The van der Waals surface area contributed by atoms with Gasteiger partial charge in [0.2, 0.25) is 23.2 Å². The van der Waals surface area contributed by atoms with Gasteiger partial charge in [-0.15, -0.1) is 10.2 Å². The Labute approximate surface area is 203 Å². The number of benzene rings is 2. The van der Waals surface area contributed by atoms with Crippen LogP contribution in [0.15, 0.2) is 47.6 Å². The topological polar surface area (TPSA) is 68.2 Å². The van der Waals surface area contributed by atoms with Crippen LogP contribution in [0.1, 0.15) is 51.5 Å². The summed E-state index contributed by atoms with van der Waals surface area (Å²) < 4.78 is 6.46. The van der Waals surface area contributed by atoms with Crippen molar-refractivity contribution in [3.63, 3.8) is 0 Å². The second-order valence-electron chi connectivity index (χ2n) is 8.30. The van der Waals surface area contributed by atoms with Gasteiger partial charge in [-0.25, -0.2) is 0 Å². The van der Waals surface area contributed by atoms with Gasteiger partial charge in [-0.2, -0.15) is 4.98 Å². The van der Waals surface area contributed by atoms with Crippen LogP contribution in [-0.2, 0) is 11.2 Å². The molecule has 172 valence electrons. The van der Waals surface area contributed by atoms with Crippen LogP contribution in [-0.4, -0.2) is 26.8 Å². The molecule has 0 spiro atoms.